The van der Waals surface area contributed by atoms with Crippen LogP contribution < -0.4 is 10.6 Å². The zero-order valence-electron chi connectivity index (χ0n) is 18.0. The van der Waals surface area contributed by atoms with Crippen molar-refractivity contribution in [2.75, 3.05) is 5.32 Å². The number of anilines is 1. The highest BCUT2D eigenvalue weighted by Gasteiger charge is 2.33. The first-order valence-corrected chi connectivity index (χ1v) is 10.8. The third kappa shape index (κ3) is 5.07. The number of amides is 2. The molecule has 0 bridgehead atoms. The van der Waals surface area contributed by atoms with Gasteiger partial charge in [0.2, 0.25) is 5.91 Å². The maximum atomic E-state index is 14.4. The van der Waals surface area contributed by atoms with E-state index in [2.05, 4.69) is 22.7 Å². The van der Waals surface area contributed by atoms with Crippen molar-refractivity contribution in [1.29, 1.82) is 0 Å². The van der Waals surface area contributed by atoms with E-state index in [1.54, 1.807) is 29.1 Å². The predicted octanol–water partition coefficient (Wildman–Crippen LogP) is 4.17. The molecule has 1 atom stereocenters. The van der Waals surface area contributed by atoms with Crippen LogP contribution in [0.5, 0.6) is 0 Å². The van der Waals surface area contributed by atoms with Crippen LogP contribution in [0.2, 0.25) is 0 Å². The van der Waals surface area contributed by atoms with Crippen LogP contribution >= 0.6 is 0 Å². The summed E-state index contributed by atoms with van der Waals surface area (Å²) < 4.78 is 16.0. The summed E-state index contributed by atoms with van der Waals surface area (Å²) in [6, 6.07) is 5.73. The Hall–Kier alpha value is -2.70. The number of nitrogens with zero attached hydrogens (tertiary/aromatic N) is 2. The van der Waals surface area contributed by atoms with Gasteiger partial charge in [-0.05, 0) is 61.8 Å². The summed E-state index contributed by atoms with van der Waals surface area (Å²) in [6.45, 7) is 6.61. The van der Waals surface area contributed by atoms with Crippen LogP contribution in [0.3, 0.4) is 0 Å². The van der Waals surface area contributed by atoms with Gasteiger partial charge in [0.1, 0.15) is 17.6 Å². The van der Waals surface area contributed by atoms with Gasteiger partial charge < -0.3 is 10.6 Å². The third-order valence-electron chi connectivity index (χ3n) is 6.05. The summed E-state index contributed by atoms with van der Waals surface area (Å²) >= 11 is 0. The Morgan fingerprint density at radius 1 is 1.20 bits per heavy atom. The standard InChI is InChI=1S/C23H31FN4O2/c1-4-16-8-11-19(18(24)14-16)26-23(30)21(17-9-6-15(3)7-10-17)27-22(29)20-12-13-25-28(20)5-2/h8,11-15,17,21H,4-7,9-10H2,1-3H3,(H,26,30)(H,27,29)/t15-,17-,21-/m0/s1. The van der Waals surface area contributed by atoms with Gasteiger partial charge in [-0.3, -0.25) is 14.3 Å². The minimum atomic E-state index is -0.726. The number of rotatable bonds is 7. The molecule has 1 aromatic heterocycles. The smallest absolute Gasteiger partial charge is 0.270 e. The minimum absolute atomic E-state index is 0.0149. The number of hydrogen-bond acceptors (Lipinski definition) is 3. The number of carbonyl (C=O) groups excluding carboxylic acids is 2. The zero-order chi connectivity index (χ0) is 21.7. The van der Waals surface area contributed by atoms with Gasteiger partial charge in [-0.15, -0.1) is 0 Å². The van der Waals surface area contributed by atoms with Crippen molar-refractivity contribution in [1.82, 2.24) is 15.1 Å². The van der Waals surface area contributed by atoms with Gasteiger partial charge in [0.25, 0.3) is 5.91 Å². The number of aromatic nitrogens is 2. The second kappa shape index (κ2) is 9.87. The number of nitrogens with one attached hydrogen (secondary N) is 2. The summed E-state index contributed by atoms with van der Waals surface area (Å²) in [7, 11) is 0. The van der Waals surface area contributed by atoms with E-state index < -0.39 is 11.9 Å². The highest BCUT2D eigenvalue weighted by Crippen LogP contribution is 2.31. The normalized spacial score (nSPS) is 19.9. The molecule has 2 aromatic rings. The molecule has 3 rings (SSSR count). The zero-order valence-corrected chi connectivity index (χ0v) is 18.0. The van der Waals surface area contributed by atoms with Gasteiger partial charge in [-0.1, -0.05) is 32.8 Å². The number of hydrogen-bond donors (Lipinski definition) is 2. The van der Waals surface area contributed by atoms with Crippen LogP contribution in [0.4, 0.5) is 10.1 Å². The molecule has 1 aromatic carbocycles. The largest absolute Gasteiger partial charge is 0.339 e. The van der Waals surface area contributed by atoms with E-state index in [1.807, 2.05) is 13.8 Å². The maximum Gasteiger partial charge on any atom is 0.270 e. The van der Waals surface area contributed by atoms with Gasteiger partial charge >= 0.3 is 0 Å². The highest BCUT2D eigenvalue weighted by atomic mass is 19.1. The van der Waals surface area contributed by atoms with Gasteiger partial charge in [0.05, 0.1) is 5.69 Å². The van der Waals surface area contributed by atoms with Gasteiger partial charge in [0, 0.05) is 12.7 Å². The molecule has 0 aliphatic heterocycles. The topological polar surface area (TPSA) is 76.0 Å². The Kier molecular flexibility index (Phi) is 7.24. The van der Waals surface area contributed by atoms with Crippen molar-refractivity contribution in [3.63, 3.8) is 0 Å². The molecule has 7 heteroatoms. The molecule has 0 unspecified atom stereocenters. The molecular formula is C23H31FN4O2. The van der Waals surface area contributed by atoms with Crippen LogP contribution in [0.15, 0.2) is 30.5 Å². The molecule has 0 spiro atoms. The second-order valence-electron chi connectivity index (χ2n) is 8.16. The fourth-order valence-electron chi connectivity index (χ4n) is 4.10. The van der Waals surface area contributed by atoms with Crippen molar-refractivity contribution in [2.45, 2.75) is 65.5 Å². The van der Waals surface area contributed by atoms with Crippen molar-refractivity contribution in [3.8, 4) is 0 Å². The lowest BCUT2D eigenvalue weighted by Crippen LogP contribution is -2.49. The minimum Gasteiger partial charge on any atom is -0.339 e. The number of halogens is 1. The molecule has 0 saturated heterocycles. The van der Waals surface area contributed by atoms with Crippen LogP contribution in [0, 0.1) is 17.7 Å². The fourth-order valence-corrected chi connectivity index (χ4v) is 4.10. The van der Waals surface area contributed by atoms with Crippen molar-refractivity contribution < 1.29 is 14.0 Å². The molecule has 2 amide bonds. The van der Waals surface area contributed by atoms with Crippen LogP contribution in [-0.2, 0) is 17.8 Å². The Balaban J connectivity index is 1.80. The van der Waals surface area contributed by atoms with Crippen LogP contribution in [0.1, 0.15) is 62.5 Å². The Bertz CT molecular complexity index is 887. The Morgan fingerprint density at radius 3 is 2.57 bits per heavy atom. The van der Waals surface area contributed by atoms with Gasteiger partial charge in [-0.2, -0.15) is 5.10 Å². The summed E-state index contributed by atoms with van der Waals surface area (Å²) in [5, 5.41) is 9.74. The van der Waals surface area contributed by atoms with Crippen molar-refractivity contribution in [3.05, 3.63) is 47.5 Å². The first-order chi connectivity index (χ1) is 14.4. The lowest BCUT2D eigenvalue weighted by atomic mass is 9.79. The SMILES string of the molecule is CCc1ccc(NC(=O)[C@@H](NC(=O)c2ccnn2CC)[C@H]2CC[C@H](C)CC2)c(F)c1. The molecule has 1 aliphatic rings. The van der Waals surface area contributed by atoms with Gasteiger partial charge in [0.15, 0.2) is 0 Å². The highest BCUT2D eigenvalue weighted by molar-refractivity contribution is 6.00. The maximum absolute atomic E-state index is 14.4. The summed E-state index contributed by atoms with van der Waals surface area (Å²) in [5.41, 5.74) is 1.42. The van der Waals surface area contributed by atoms with E-state index in [0.29, 0.717) is 18.2 Å². The molecule has 2 N–H and O–H groups in total. The van der Waals surface area contributed by atoms with E-state index in [-0.39, 0.29) is 23.4 Å². The van der Waals surface area contributed by atoms with Crippen molar-refractivity contribution in [2.24, 2.45) is 11.8 Å². The molecule has 6 nitrogen and oxygen atoms in total. The van der Waals surface area contributed by atoms with Crippen molar-refractivity contribution >= 4 is 17.5 Å². The second-order valence-corrected chi connectivity index (χ2v) is 8.16. The molecule has 1 aliphatic carbocycles. The Labute approximate surface area is 177 Å². The summed E-state index contributed by atoms with van der Waals surface area (Å²) in [6.07, 6.45) is 6.01. The molecule has 0 radical (unpaired) electrons. The van der Waals surface area contributed by atoms with E-state index in [9.17, 15) is 14.0 Å². The van der Waals surface area contributed by atoms with Gasteiger partial charge in [-0.25, -0.2) is 4.39 Å². The van der Waals surface area contributed by atoms with E-state index in [4.69, 9.17) is 0 Å². The number of carbonyl (C=O) groups is 2. The fraction of sp³-hybridized carbons (Fsp3) is 0.522. The summed E-state index contributed by atoms with van der Waals surface area (Å²) in [5.74, 6) is -0.556. The lowest BCUT2D eigenvalue weighted by Gasteiger charge is -2.32. The Morgan fingerprint density at radius 2 is 1.93 bits per heavy atom. The molecular weight excluding hydrogens is 383 g/mol. The third-order valence-corrected chi connectivity index (χ3v) is 6.05. The average Bonchev–Trinajstić information content (AvgIpc) is 3.23. The quantitative estimate of drug-likeness (QED) is 0.714. The van der Waals surface area contributed by atoms with Crippen LogP contribution in [-0.4, -0.2) is 27.6 Å². The first kappa shape index (κ1) is 22.0. The van der Waals surface area contributed by atoms with Crippen LogP contribution in [0.25, 0.3) is 0 Å². The first-order valence-electron chi connectivity index (χ1n) is 10.8. The monoisotopic (exact) mass is 414 g/mol. The molecule has 162 valence electrons. The average molecular weight is 415 g/mol. The van der Waals surface area contributed by atoms with E-state index in [0.717, 1.165) is 37.7 Å². The molecule has 1 heterocycles. The van der Waals surface area contributed by atoms with E-state index >= 15 is 0 Å². The molecule has 1 fully saturated rings. The number of benzene rings is 1. The number of aryl methyl sites for hydroxylation is 2. The predicted molar refractivity (Wildman–Crippen MR) is 115 cm³/mol. The molecule has 1 saturated carbocycles. The summed E-state index contributed by atoms with van der Waals surface area (Å²) in [4.78, 5) is 26.0. The van der Waals surface area contributed by atoms with E-state index in [1.165, 1.54) is 6.07 Å². The lowest BCUT2D eigenvalue weighted by molar-refractivity contribution is -0.119. The molecule has 30 heavy (non-hydrogen) atoms.